The molecule has 1 aromatic rings. The van der Waals surface area contributed by atoms with Gasteiger partial charge in [-0.2, -0.15) is 0 Å². The second-order valence-corrected chi connectivity index (χ2v) is 4.21. The van der Waals surface area contributed by atoms with Crippen molar-refractivity contribution in [2.75, 3.05) is 7.11 Å². The van der Waals surface area contributed by atoms with Crippen LogP contribution in [0.4, 0.5) is 0 Å². The van der Waals surface area contributed by atoms with Crippen LogP contribution in [0.15, 0.2) is 30.3 Å². The Morgan fingerprint density at radius 1 is 0.870 bits per heavy atom. The Labute approximate surface area is 146 Å². The van der Waals surface area contributed by atoms with E-state index in [1.807, 2.05) is 6.08 Å². The Morgan fingerprint density at radius 3 is 1.52 bits per heavy atom. The summed E-state index contributed by atoms with van der Waals surface area (Å²) in [5.41, 5.74) is 2.50. The van der Waals surface area contributed by atoms with Gasteiger partial charge in [-0.3, -0.25) is 0 Å². The summed E-state index contributed by atoms with van der Waals surface area (Å²) in [6.07, 6.45) is 4.06. The van der Waals surface area contributed by atoms with Gasteiger partial charge in [-0.05, 0) is 0 Å². The van der Waals surface area contributed by atoms with E-state index in [0.717, 1.165) is 4.08 Å². The van der Waals surface area contributed by atoms with Crippen LogP contribution in [0.1, 0.15) is 11.1 Å². The molecule has 0 saturated carbocycles. The van der Waals surface area contributed by atoms with E-state index in [0.29, 0.717) is 0 Å². The minimum absolute atomic E-state index is 1.00. The SMILES string of the molecule is CO[C](=[W])/C=C/c1ccc(C)cc1.[C-]#[O+].[C-]#[O+].[C-]#[O+].[C-]#[O+].[C-]#[O+]. The fourth-order valence-corrected chi connectivity index (χ4v) is 1.15. The second-order valence-electron chi connectivity index (χ2n) is 2.77. The maximum atomic E-state index is 7.50. The summed E-state index contributed by atoms with van der Waals surface area (Å²) in [5, 5.41) is 0. The van der Waals surface area contributed by atoms with Crippen LogP contribution < -0.4 is 0 Å². The van der Waals surface area contributed by atoms with E-state index in [4.69, 9.17) is 28.0 Å². The first-order valence-corrected chi connectivity index (χ1v) is 6.54. The number of benzene rings is 1. The van der Waals surface area contributed by atoms with Crippen molar-refractivity contribution in [1.29, 1.82) is 0 Å². The van der Waals surface area contributed by atoms with Gasteiger partial charge in [0.15, 0.2) is 0 Å². The quantitative estimate of drug-likeness (QED) is 0.476. The topological polar surface area (TPSA) is 109 Å². The van der Waals surface area contributed by atoms with Crippen molar-refractivity contribution in [2.45, 2.75) is 6.92 Å². The zero-order chi connectivity index (χ0) is 19.7. The summed E-state index contributed by atoms with van der Waals surface area (Å²) < 4.78 is 43.6. The van der Waals surface area contributed by atoms with Crippen molar-refractivity contribution < 1.29 is 47.4 Å². The van der Waals surface area contributed by atoms with Crippen molar-refractivity contribution in [2.24, 2.45) is 0 Å². The van der Waals surface area contributed by atoms with E-state index in [1.54, 1.807) is 7.11 Å². The average molecular weight is 484 g/mol. The van der Waals surface area contributed by atoms with Gasteiger partial charge in [0.25, 0.3) is 0 Å². The van der Waals surface area contributed by atoms with Gasteiger partial charge >= 0.3 is 146 Å². The first kappa shape index (κ1) is 32.9. The van der Waals surface area contributed by atoms with Gasteiger partial charge in [0.05, 0.1) is 0 Å². The van der Waals surface area contributed by atoms with E-state index in [-0.39, 0.29) is 0 Å². The van der Waals surface area contributed by atoms with E-state index in [2.05, 4.69) is 70.5 Å². The third-order valence-electron chi connectivity index (χ3n) is 1.69. The first-order chi connectivity index (χ1) is 11.2. The zero-order valence-corrected chi connectivity index (χ0v) is 15.3. The molecule has 0 N–H and O–H groups in total. The van der Waals surface area contributed by atoms with Crippen molar-refractivity contribution in [3.05, 3.63) is 74.7 Å². The average Bonchev–Trinajstić information content (AvgIpc) is 2.69. The van der Waals surface area contributed by atoms with Crippen LogP contribution in [0.25, 0.3) is 6.08 Å². The molecule has 6 nitrogen and oxygen atoms in total. The fourth-order valence-electron chi connectivity index (χ4n) is 0.910. The van der Waals surface area contributed by atoms with E-state index < -0.39 is 0 Å². The fraction of sp³-hybridized carbons (Fsp3) is 0.125. The first-order valence-electron chi connectivity index (χ1n) is 5.07. The Morgan fingerprint density at radius 2 is 1.22 bits per heavy atom. The molecule has 0 aromatic heterocycles. The van der Waals surface area contributed by atoms with Crippen molar-refractivity contribution in [3.63, 3.8) is 0 Å². The molecule has 1 aromatic carbocycles. The third kappa shape index (κ3) is 28.9. The molecule has 0 aliphatic rings. The van der Waals surface area contributed by atoms with Crippen molar-refractivity contribution >= 4 is 10.2 Å². The molecule has 1 rings (SSSR count). The molecular weight excluding hydrogens is 472 g/mol. The molecule has 0 radical (unpaired) electrons. The molecule has 0 unspecified atom stereocenters. The molecule has 0 aliphatic heterocycles. The summed E-state index contributed by atoms with van der Waals surface area (Å²) in [5.74, 6) is 0. The number of ether oxygens (including phenoxy) is 1. The van der Waals surface area contributed by atoms with Gasteiger partial charge in [-0.25, -0.2) is 0 Å². The predicted molar refractivity (Wildman–Crippen MR) is 71.9 cm³/mol. The van der Waals surface area contributed by atoms with E-state index in [9.17, 15) is 0 Å². The van der Waals surface area contributed by atoms with Gasteiger partial charge in [-0.1, -0.05) is 0 Å². The molecule has 0 fully saturated rings. The van der Waals surface area contributed by atoms with Crippen LogP contribution in [0.3, 0.4) is 0 Å². The standard InChI is InChI=1S/C11H12O.5CO.W/c1-10-5-7-11(8-6-10)4-3-9-12-2;5*1-2;/h3-8H,1-2H3;;;;;;/b4-3+;;;;;;. The number of rotatable bonds is 3. The molecule has 0 heterocycles. The van der Waals surface area contributed by atoms with E-state index in [1.165, 1.54) is 30.5 Å². The molecule has 0 saturated heterocycles. The second kappa shape index (κ2) is 36.9. The molecule has 0 bridgehead atoms. The zero-order valence-electron chi connectivity index (χ0n) is 12.3. The molecular formula is C16H12O6W. The maximum absolute atomic E-state index is 7.50. The summed E-state index contributed by atoms with van der Waals surface area (Å²) in [7, 11) is 1.70. The van der Waals surface area contributed by atoms with Crippen LogP contribution in [0.2, 0.25) is 0 Å². The molecule has 0 atom stereocenters. The Bertz CT molecular complexity index is 471. The van der Waals surface area contributed by atoms with Crippen LogP contribution in [-0.2, 0) is 47.4 Å². The van der Waals surface area contributed by atoms with Gasteiger partial charge in [0.1, 0.15) is 0 Å². The van der Waals surface area contributed by atoms with E-state index >= 15 is 0 Å². The number of aryl methyl sites for hydroxylation is 1. The van der Waals surface area contributed by atoms with Crippen molar-refractivity contribution in [1.82, 2.24) is 0 Å². The van der Waals surface area contributed by atoms with Gasteiger partial charge in [0.2, 0.25) is 0 Å². The molecule has 0 aliphatic carbocycles. The predicted octanol–water partition coefficient (Wildman–Crippen LogP) is 2.14. The van der Waals surface area contributed by atoms with Gasteiger partial charge < -0.3 is 0 Å². The number of hydrogen-bond acceptors (Lipinski definition) is 1. The van der Waals surface area contributed by atoms with Crippen LogP contribution in [-0.4, -0.2) is 11.2 Å². The third-order valence-corrected chi connectivity index (χ3v) is 2.78. The normalized spacial score (nSPS) is 6.43. The van der Waals surface area contributed by atoms with Crippen LogP contribution in [0, 0.1) is 40.2 Å². The van der Waals surface area contributed by atoms with Gasteiger partial charge in [0, 0.05) is 0 Å². The van der Waals surface area contributed by atoms with Crippen molar-refractivity contribution in [3.8, 4) is 0 Å². The molecule has 7 heteroatoms. The Balaban J connectivity index is -0.0000000923. The Kier molecular flexibility index (Phi) is 52.9. The summed E-state index contributed by atoms with van der Waals surface area (Å²) in [6, 6.07) is 8.41. The minimum atomic E-state index is 1.00. The monoisotopic (exact) mass is 484 g/mol. The molecule has 23 heavy (non-hydrogen) atoms. The summed E-state index contributed by atoms with van der Waals surface area (Å²) >= 11 is 1.35. The summed E-state index contributed by atoms with van der Waals surface area (Å²) in [6.45, 7) is 24.6. The van der Waals surface area contributed by atoms with Crippen LogP contribution >= 0.6 is 0 Å². The summed E-state index contributed by atoms with van der Waals surface area (Å²) in [4.78, 5) is 0. The molecule has 0 spiro atoms. The Hall–Kier alpha value is -1.82. The molecule has 0 amide bonds. The molecule has 118 valence electrons. The number of methoxy groups -OCH3 is 1. The van der Waals surface area contributed by atoms with Crippen LogP contribution in [0.5, 0.6) is 0 Å². The van der Waals surface area contributed by atoms with Gasteiger partial charge in [-0.15, -0.1) is 0 Å². The number of hydrogen-bond donors (Lipinski definition) is 0.